The van der Waals surface area contributed by atoms with E-state index in [4.69, 9.17) is 4.74 Å². The van der Waals surface area contributed by atoms with E-state index in [0.717, 1.165) is 25.1 Å². The van der Waals surface area contributed by atoms with E-state index in [1.54, 1.807) is 7.11 Å². The fraction of sp³-hybridized carbons (Fsp3) is 0.562. The van der Waals surface area contributed by atoms with Crippen molar-refractivity contribution in [2.75, 3.05) is 20.2 Å². The minimum Gasteiger partial charge on any atom is -0.496 e. The Labute approximate surface area is 121 Å². The topological polar surface area (TPSA) is 50.4 Å². The Morgan fingerprint density at radius 2 is 2.05 bits per heavy atom. The van der Waals surface area contributed by atoms with E-state index in [9.17, 15) is 4.79 Å². The van der Waals surface area contributed by atoms with Crippen molar-refractivity contribution >= 4 is 5.91 Å². The minimum atomic E-state index is 0.115. The second-order valence-electron chi connectivity index (χ2n) is 4.97. The van der Waals surface area contributed by atoms with Crippen LogP contribution in [-0.2, 0) is 11.2 Å². The van der Waals surface area contributed by atoms with Gasteiger partial charge in [0.25, 0.3) is 0 Å². The summed E-state index contributed by atoms with van der Waals surface area (Å²) in [6.45, 7) is 5.63. The number of nitrogens with one attached hydrogen (secondary N) is 2. The summed E-state index contributed by atoms with van der Waals surface area (Å²) in [5, 5.41) is 6.25. The molecule has 20 heavy (non-hydrogen) atoms. The van der Waals surface area contributed by atoms with E-state index < -0.39 is 0 Å². The smallest absolute Gasteiger partial charge is 0.221 e. The van der Waals surface area contributed by atoms with Crippen molar-refractivity contribution in [2.45, 2.75) is 39.2 Å². The lowest BCUT2D eigenvalue weighted by molar-refractivity contribution is -0.121. The number of hydrogen-bond acceptors (Lipinski definition) is 3. The Bertz CT molecular complexity index is 407. The molecule has 0 saturated heterocycles. The number of carbonyl (C=O) groups is 1. The third-order valence-corrected chi connectivity index (χ3v) is 3.14. The summed E-state index contributed by atoms with van der Waals surface area (Å²) in [5.41, 5.74) is 1.19. The molecule has 0 aromatic heterocycles. The van der Waals surface area contributed by atoms with Crippen molar-refractivity contribution in [1.29, 1.82) is 0 Å². The average Bonchev–Trinajstić information content (AvgIpc) is 2.45. The lowest BCUT2D eigenvalue weighted by Crippen LogP contribution is -2.33. The van der Waals surface area contributed by atoms with Gasteiger partial charge in [-0.1, -0.05) is 25.1 Å². The average molecular weight is 278 g/mol. The van der Waals surface area contributed by atoms with Crippen LogP contribution in [0.2, 0.25) is 0 Å². The molecule has 1 unspecified atom stereocenters. The lowest BCUT2D eigenvalue weighted by Gasteiger charge is -2.15. The maximum Gasteiger partial charge on any atom is 0.221 e. The second kappa shape index (κ2) is 9.37. The third kappa shape index (κ3) is 6.06. The number of para-hydroxylation sites is 1. The Morgan fingerprint density at radius 3 is 2.75 bits per heavy atom. The molecule has 0 aliphatic carbocycles. The Kier molecular flexibility index (Phi) is 7.73. The van der Waals surface area contributed by atoms with Gasteiger partial charge >= 0.3 is 0 Å². The van der Waals surface area contributed by atoms with Crippen LogP contribution in [0.4, 0.5) is 0 Å². The predicted molar refractivity (Wildman–Crippen MR) is 82.1 cm³/mol. The highest BCUT2D eigenvalue weighted by Gasteiger charge is 2.08. The molecule has 1 amide bonds. The fourth-order valence-electron chi connectivity index (χ4n) is 2.06. The number of amides is 1. The Hall–Kier alpha value is -1.55. The summed E-state index contributed by atoms with van der Waals surface area (Å²) in [5.74, 6) is 1.03. The molecular formula is C16H26N2O2. The van der Waals surface area contributed by atoms with Gasteiger partial charge < -0.3 is 15.4 Å². The number of methoxy groups -OCH3 is 1. The van der Waals surface area contributed by atoms with Crippen molar-refractivity contribution in [3.8, 4) is 5.75 Å². The SMILES string of the molecule is CCCNC(=O)CCNC(C)Cc1ccccc1OC. The van der Waals surface area contributed by atoms with Crippen LogP contribution in [0.5, 0.6) is 5.75 Å². The molecule has 0 aliphatic heterocycles. The highest BCUT2D eigenvalue weighted by atomic mass is 16.5. The molecular weight excluding hydrogens is 252 g/mol. The van der Waals surface area contributed by atoms with Gasteiger partial charge in [-0.3, -0.25) is 4.79 Å². The van der Waals surface area contributed by atoms with Crippen LogP contribution >= 0.6 is 0 Å². The van der Waals surface area contributed by atoms with Gasteiger partial charge in [-0.2, -0.15) is 0 Å². The van der Waals surface area contributed by atoms with E-state index in [2.05, 4.69) is 23.6 Å². The summed E-state index contributed by atoms with van der Waals surface area (Å²) < 4.78 is 5.34. The molecule has 112 valence electrons. The highest BCUT2D eigenvalue weighted by molar-refractivity contribution is 5.75. The van der Waals surface area contributed by atoms with Crippen molar-refractivity contribution in [3.63, 3.8) is 0 Å². The van der Waals surface area contributed by atoms with Gasteiger partial charge in [-0.25, -0.2) is 0 Å². The molecule has 0 radical (unpaired) electrons. The van der Waals surface area contributed by atoms with Crippen LogP contribution in [0.15, 0.2) is 24.3 Å². The van der Waals surface area contributed by atoms with Gasteiger partial charge in [0.2, 0.25) is 5.91 Å². The van der Waals surface area contributed by atoms with Gasteiger partial charge in [0.15, 0.2) is 0 Å². The predicted octanol–water partition coefficient (Wildman–Crippen LogP) is 2.13. The molecule has 0 aliphatic rings. The third-order valence-electron chi connectivity index (χ3n) is 3.14. The van der Waals surface area contributed by atoms with Crippen molar-refractivity contribution in [1.82, 2.24) is 10.6 Å². The maximum atomic E-state index is 11.5. The first kappa shape index (κ1) is 16.5. The first-order valence-electron chi connectivity index (χ1n) is 7.29. The second-order valence-corrected chi connectivity index (χ2v) is 4.97. The quantitative estimate of drug-likeness (QED) is 0.727. The Balaban J connectivity index is 2.29. The molecule has 1 atom stereocenters. The van der Waals surface area contributed by atoms with Gasteiger partial charge in [-0.05, 0) is 31.4 Å². The van der Waals surface area contributed by atoms with Crippen LogP contribution in [-0.4, -0.2) is 32.1 Å². The molecule has 1 rings (SSSR count). The fourth-order valence-corrected chi connectivity index (χ4v) is 2.06. The minimum absolute atomic E-state index is 0.115. The number of hydrogen-bond donors (Lipinski definition) is 2. The zero-order valence-electron chi connectivity index (χ0n) is 12.7. The largest absolute Gasteiger partial charge is 0.496 e. The molecule has 0 bridgehead atoms. The lowest BCUT2D eigenvalue weighted by atomic mass is 10.1. The zero-order valence-corrected chi connectivity index (χ0v) is 12.7. The number of rotatable bonds is 9. The highest BCUT2D eigenvalue weighted by Crippen LogP contribution is 2.18. The van der Waals surface area contributed by atoms with Crippen molar-refractivity contribution < 1.29 is 9.53 Å². The van der Waals surface area contributed by atoms with E-state index in [1.165, 1.54) is 5.56 Å². The normalized spacial score (nSPS) is 11.9. The van der Waals surface area contributed by atoms with E-state index in [0.29, 0.717) is 19.0 Å². The Morgan fingerprint density at radius 1 is 1.30 bits per heavy atom. The molecule has 0 saturated carbocycles. The van der Waals surface area contributed by atoms with Crippen molar-refractivity contribution in [3.05, 3.63) is 29.8 Å². The van der Waals surface area contributed by atoms with Gasteiger partial charge in [0, 0.05) is 25.6 Å². The molecule has 1 aromatic rings. The van der Waals surface area contributed by atoms with E-state index in [1.807, 2.05) is 25.1 Å². The summed E-state index contributed by atoms with van der Waals surface area (Å²) >= 11 is 0. The van der Waals surface area contributed by atoms with E-state index >= 15 is 0 Å². The molecule has 0 spiro atoms. The van der Waals surface area contributed by atoms with E-state index in [-0.39, 0.29) is 5.91 Å². The van der Waals surface area contributed by atoms with Gasteiger partial charge in [-0.15, -0.1) is 0 Å². The van der Waals surface area contributed by atoms with Crippen LogP contribution in [0, 0.1) is 0 Å². The summed E-state index contributed by atoms with van der Waals surface area (Å²) in [6, 6.07) is 8.34. The zero-order chi connectivity index (χ0) is 14.8. The van der Waals surface area contributed by atoms with Gasteiger partial charge in [0.05, 0.1) is 7.11 Å². The summed E-state index contributed by atoms with van der Waals surface area (Å²) in [6.07, 6.45) is 2.39. The molecule has 4 nitrogen and oxygen atoms in total. The van der Waals surface area contributed by atoms with Crippen molar-refractivity contribution in [2.24, 2.45) is 0 Å². The first-order chi connectivity index (χ1) is 9.67. The van der Waals surface area contributed by atoms with Crippen LogP contribution in [0.1, 0.15) is 32.3 Å². The molecule has 4 heteroatoms. The summed E-state index contributed by atoms with van der Waals surface area (Å²) in [7, 11) is 1.69. The van der Waals surface area contributed by atoms with Crippen LogP contribution in [0.25, 0.3) is 0 Å². The van der Waals surface area contributed by atoms with Crippen LogP contribution in [0.3, 0.4) is 0 Å². The molecule has 1 aromatic carbocycles. The molecule has 2 N–H and O–H groups in total. The van der Waals surface area contributed by atoms with Gasteiger partial charge in [0.1, 0.15) is 5.75 Å². The van der Waals surface area contributed by atoms with Crippen LogP contribution < -0.4 is 15.4 Å². The maximum absolute atomic E-state index is 11.5. The molecule has 0 fully saturated rings. The number of ether oxygens (including phenoxy) is 1. The molecule has 0 heterocycles. The first-order valence-corrected chi connectivity index (χ1v) is 7.29. The standard InChI is InChI=1S/C16H26N2O2/c1-4-10-18-16(19)9-11-17-13(2)12-14-7-5-6-8-15(14)20-3/h5-8,13,17H,4,9-12H2,1-3H3,(H,18,19). The number of benzene rings is 1. The number of carbonyl (C=O) groups excluding carboxylic acids is 1. The monoisotopic (exact) mass is 278 g/mol. The summed E-state index contributed by atoms with van der Waals surface area (Å²) in [4.78, 5) is 11.5.